The van der Waals surface area contributed by atoms with Gasteiger partial charge in [-0.2, -0.15) is 0 Å². The Morgan fingerprint density at radius 1 is 1.00 bits per heavy atom. The number of nitrogens with one attached hydrogen (secondary N) is 1. The molecule has 2 aromatic heterocycles. The first-order chi connectivity index (χ1) is 14.6. The number of rotatable bonds is 5. The summed E-state index contributed by atoms with van der Waals surface area (Å²) in [6.07, 6.45) is 0.449. The Balaban J connectivity index is 1.52. The number of amides is 2. The van der Waals surface area contributed by atoms with Crippen molar-refractivity contribution in [2.24, 2.45) is 0 Å². The second-order valence-electron chi connectivity index (χ2n) is 7.47. The molecule has 1 aliphatic heterocycles. The molecule has 0 fully saturated rings. The fourth-order valence-corrected chi connectivity index (χ4v) is 4.03. The maximum absolute atomic E-state index is 13.3. The first-order valence-corrected chi connectivity index (χ1v) is 9.79. The molecule has 30 heavy (non-hydrogen) atoms. The van der Waals surface area contributed by atoms with Crippen LogP contribution in [0.4, 0.5) is 0 Å². The van der Waals surface area contributed by atoms with Crippen LogP contribution in [0, 0.1) is 6.92 Å². The van der Waals surface area contributed by atoms with Crippen LogP contribution in [0.15, 0.2) is 42.5 Å². The lowest BCUT2D eigenvalue weighted by molar-refractivity contribution is 0.0654. The number of carbonyl (C=O) groups is 2. The number of methoxy groups -OCH3 is 1. The van der Waals surface area contributed by atoms with E-state index >= 15 is 0 Å². The first-order valence-electron chi connectivity index (χ1n) is 9.79. The largest absolute Gasteiger partial charge is 0.378 e. The minimum atomic E-state index is -0.325. The molecule has 7 heteroatoms. The summed E-state index contributed by atoms with van der Waals surface area (Å²) in [7, 11) is 1.55. The van der Waals surface area contributed by atoms with Crippen LogP contribution in [0.2, 0.25) is 0 Å². The summed E-state index contributed by atoms with van der Waals surface area (Å²) < 4.78 is 5.25. The van der Waals surface area contributed by atoms with Crippen molar-refractivity contribution in [3.05, 3.63) is 70.7 Å². The number of H-pyrrole nitrogens is 1. The van der Waals surface area contributed by atoms with Gasteiger partial charge in [-0.25, -0.2) is 9.97 Å². The normalized spacial score (nSPS) is 13.6. The van der Waals surface area contributed by atoms with Crippen LogP contribution in [-0.4, -0.2) is 45.3 Å². The molecule has 1 N–H and O–H groups in total. The minimum Gasteiger partial charge on any atom is -0.378 e. The Labute approximate surface area is 172 Å². The van der Waals surface area contributed by atoms with Gasteiger partial charge >= 0.3 is 0 Å². The summed E-state index contributed by atoms with van der Waals surface area (Å²) in [5.41, 5.74) is 4.76. The lowest BCUT2D eigenvalue weighted by atomic mass is 10.0. The van der Waals surface area contributed by atoms with E-state index in [2.05, 4.69) is 15.0 Å². The molecule has 2 amide bonds. The number of ether oxygens (including phenoxy) is 1. The molecule has 7 nitrogen and oxygen atoms in total. The number of aromatic nitrogens is 3. The molecule has 0 radical (unpaired) electrons. The maximum Gasteiger partial charge on any atom is 0.263 e. The van der Waals surface area contributed by atoms with Crippen molar-refractivity contribution in [1.82, 2.24) is 19.9 Å². The molecular formula is C23H20N4O3. The number of imide groups is 1. The second-order valence-corrected chi connectivity index (χ2v) is 7.47. The predicted molar refractivity (Wildman–Crippen MR) is 112 cm³/mol. The highest BCUT2D eigenvalue weighted by Crippen LogP contribution is 2.32. The quantitative estimate of drug-likeness (QED) is 0.519. The van der Waals surface area contributed by atoms with Crippen LogP contribution in [0.1, 0.15) is 37.8 Å². The number of para-hydroxylation sites is 2. The number of hydrogen-bond acceptors (Lipinski definition) is 5. The molecule has 0 aliphatic carbocycles. The molecule has 0 unspecified atom stereocenters. The SMILES string of the molecule is COCc1nc2ccc(C)cc2c2c1C(=O)N(CCc1nc3ccccc3[nH]1)C2=O. The summed E-state index contributed by atoms with van der Waals surface area (Å²) in [4.78, 5) is 40.2. The van der Waals surface area contributed by atoms with E-state index in [-0.39, 0.29) is 25.0 Å². The van der Waals surface area contributed by atoms with Gasteiger partial charge in [0.05, 0.1) is 40.0 Å². The molecular weight excluding hydrogens is 380 g/mol. The molecule has 0 spiro atoms. The number of aryl methyl sites for hydroxylation is 1. The van der Waals surface area contributed by atoms with Crippen molar-refractivity contribution >= 4 is 33.8 Å². The van der Waals surface area contributed by atoms with Gasteiger partial charge in [-0.1, -0.05) is 23.8 Å². The molecule has 150 valence electrons. The van der Waals surface area contributed by atoms with Crippen molar-refractivity contribution in [3.63, 3.8) is 0 Å². The van der Waals surface area contributed by atoms with Gasteiger partial charge in [-0.05, 0) is 31.2 Å². The zero-order chi connectivity index (χ0) is 20.8. The van der Waals surface area contributed by atoms with Crippen LogP contribution in [0.5, 0.6) is 0 Å². The lowest BCUT2D eigenvalue weighted by Crippen LogP contribution is -2.32. The maximum atomic E-state index is 13.3. The van der Waals surface area contributed by atoms with Gasteiger partial charge in [0.2, 0.25) is 0 Å². The van der Waals surface area contributed by atoms with Crippen molar-refractivity contribution in [3.8, 4) is 0 Å². The van der Waals surface area contributed by atoms with E-state index in [1.807, 2.05) is 49.4 Å². The van der Waals surface area contributed by atoms with E-state index in [1.165, 1.54) is 4.90 Å². The Hall–Kier alpha value is -3.58. The molecule has 1 aliphatic rings. The number of carbonyl (C=O) groups excluding carboxylic acids is 2. The lowest BCUT2D eigenvalue weighted by Gasteiger charge is -2.12. The topological polar surface area (TPSA) is 88.2 Å². The van der Waals surface area contributed by atoms with Crippen molar-refractivity contribution in [2.75, 3.05) is 13.7 Å². The molecule has 0 saturated carbocycles. The Morgan fingerprint density at radius 2 is 1.80 bits per heavy atom. The van der Waals surface area contributed by atoms with Gasteiger partial charge in [0.25, 0.3) is 11.8 Å². The molecule has 0 saturated heterocycles. The standard InChI is InChI=1S/C23H20N4O3/c1-13-7-8-15-14(11-13)20-21(18(24-15)12-30-2)23(29)27(22(20)28)10-9-19-25-16-5-3-4-6-17(16)26-19/h3-8,11H,9-10,12H2,1-2H3,(H,25,26). The zero-order valence-electron chi connectivity index (χ0n) is 16.7. The van der Waals surface area contributed by atoms with Gasteiger partial charge in [0, 0.05) is 25.5 Å². The molecule has 5 rings (SSSR count). The molecule has 4 aromatic rings. The zero-order valence-corrected chi connectivity index (χ0v) is 16.7. The smallest absolute Gasteiger partial charge is 0.263 e. The van der Waals surface area contributed by atoms with E-state index in [1.54, 1.807) is 7.11 Å². The highest BCUT2D eigenvalue weighted by molar-refractivity contribution is 6.26. The summed E-state index contributed by atoms with van der Waals surface area (Å²) in [5, 5.41) is 0.703. The number of hydrogen-bond donors (Lipinski definition) is 1. The number of fused-ring (bicyclic) bond motifs is 4. The van der Waals surface area contributed by atoms with E-state index < -0.39 is 0 Å². The van der Waals surface area contributed by atoms with Gasteiger partial charge in [-0.15, -0.1) is 0 Å². The van der Waals surface area contributed by atoms with E-state index in [0.717, 1.165) is 22.4 Å². The number of imidazole rings is 1. The highest BCUT2D eigenvalue weighted by atomic mass is 16.5. The predicted octanol–water partition coefficient (Wildman–Crippen LogP) is 3.40. The molecule has 2 aromatic carbocycles. The first kappa shape index (κ1) is 18.4. The van der Waals surface area contributed by atoms with Gasteiger partial charge in [0.15, 0.2) is 0 Å². The van der Waals surface area contributed by atoms with Crippen molar-refractivity contribution in [2.45, 2.75) is 20.0 Å². The summed E-state index contributed by atoms with van der Waals surface area (Å²) in [5.74, 6) is 0.124. The van der Waals surface area contributed by atoms with Crippen LogP contribution in [-0.2, 0) is 17.8 Å². The fourth-order valence-electron chi connectivity index (χ4n) is 4.03. The number of nitrogens with zero attached hydrogens (tertiary/aromatic N) is 3. The van der Waals surface area contributed by atoms with Crippen LogP contribution < -0.4 is 0 Å². The van der Waals surface area contributed by atoms with Gasteiger partial charge < -0.3 is 9.72 Å². The summed E-state index contributed by atoms with van der Waals surface area (Å²) in [6.45, 7) is 2.37. The summed E-state index contributed by atoms with van der Waals surface area (Å²) >= 11 is 0. The minimum absolute atomic E-state index is 0.169. The van der Waals surface area contributed by atoms with E-state index in [4.69, 9.17) is 4.74 Å². The van der Waals surface area contributed by atoms with Crippen LogP contribution >= 0.6 is 0 Å². The number of aromatic amines is 1. The number of pyridine rings is 1. The van der Waals surface area contributed by atoms with E-state index in [0.29, 0.717) is 34.1 Å². The third-order valence-electron chi connectivity index (χ3n) is 5.43. The summed E-state index contributed by atoms with van der Waals surface area (Å²) in [6, 6.07) is 13.5. The molecule has 0 atom stereocenters. The average molecular weight is 400 g/mol. The Kier molecular flexibility index (Phi) is 4.33. The second kappa shape index (κ2) is 7.03. The third-order valence-corrected chi connectivity index (χ3v) is 5.43. The van der Waals surface area contributed by atoms with Crippen LogP contribution in [0.25, 0.3) is 21.9 Å². The Bertz CT molecular complexity index is 1290. The van der Waals surface area contributed by atoms with E-state index in [9.17, 15) is 9.59 Å². The molecule has 3 heterocycles. The van der Waals surface area contributed by atoms with Gasteiger partial charge in [0.1, 0.15) is 5.82 Å². The van der Waals surface area contributed by atoms with Crippen LogP contribution in [0.3, 0.4) is 0 Å². The monoisotopic (exact) mass is 400 g/mol. The van der Waals surface area contributed by atoms with Crippen molar-refractivity contribution in [1.29, 1.82) is 0 Å². The highest BCUT2D eigenvalue weighted by Gasteiger charge is 2.39. The fraction of sp³-hybridized carbons (Fsp3) is 0.217. The Morgan fingerprint density at radius 3 is 2.60 bits per heavy atom. The van der Waals surface area contributed by atoms with Gasteiger partial charge in [-0.3, -0.25) is 14.5 Å². The van der Waals surface area contributed by atoms with Crippen molar-refractivity contribution < 1.29 is 14.3 Å². The number of benzene rings is 2. The third kappa shape index (κ3) is 2.86. The molecule has 0 bridgehead atoms. The average Bonchev–Trinajstić information content (AvgIpc) is 3.26.